The van der Waals surface area contributed by atoms with Gasteiger partial charge in [-0.3, -0.25) is 0 Å². The third kappa shape index (κ3) is 2.34. The van der Waals surface area contributed by atoms with Crippen LogP contribution in [0.15, 0.2) is 12.1 Å². The molecular formula is C10H10Cl3NO. The summed E-state index contributed by atoms with van der Waals surface area (Å²) in [6.45, 7) is 3.10. The lowest BCUT2D eigenvalue weighted by molar-refractivity contribution is 0.122. The Balaban J connectivity index is 2.31. The molecule has 1 aromatic carbocycles. The molecule has 0 unspecified atom stereocenters. The van der Waals surface area contributed by atoms with Gasteiger partial charge in [0.2, 0.25) is 0 Å². The number of anilines is 1. The molecule has 1 saturated heterocycles. The fraction of sp³-hybridized carbons (Fsp3) is 0.400. The van der Waals surface area contributed by atoms with Crippen molar-refractivity contribution in [3.05, 3.63) is 27.2 Å². The predicted molar refractivity (Wildman–Crippen MR) is 64.5 cm³/mol. The van der Waals surface area contributed by atoms with E-state index >= 15 is 0 Å². The lowest BCUT2D eigenvalue weighted by Crippen LogP contribution is -2.36. The number of ether oxygens (including phenoxy) is 1. The maximum absolute atomic E-state index is 6.13. The fourth-order valence-corrected chi connectivity index (χ4v) is 2.21. The summed E-state index contributed by atoms with van der Waals surface area (Å²) in [5.41, 5.74) is 0.925. The van der Waals surface area contributed by atoms with Crippen molar-refractivity contribution in [2.45, 2.75) is 0 Å². The van der Waals surface area contributed by atoms with E-state index < -0.39 is 0 Å². The molecule has 0 N–H and O–H groups in total. The molecule has 82 valence electrons. The Bertz CT molecular complexity index is 364. The highest BCUT2D eigenvalue weighted by atomic mass is 35.5. The number of benzene rings is 1. The lowest BCUT2D eigenvalue weighted by atomic mass is 10.2. The average Bonchev–Trinajstić information content (AvgIpc) is 2.27. The van der Waals surface area contributed by atoms with E-state index in [-0.39, 0.29) is 0 Å². The van der Waals surface area contributed by atoms with Crippen molar-refractivity contribution < 1.29 is 4.74 Å². The van der Waals surface area contributed by atoms with Gasteiger partial charge in [0.1, 0.15) is 0 Å². The Hall–Kier alpha value is -0.150. The van der Waals surface area contributed by atoms with Crippen LogP contribution in [-0.2, 0) is 4.74 Å². The van der Waals surface area contributed by atoms with E-state index in [0.717, 1.165) is 32.0 Å². The van der Waals surface area contributed by atoms with Crippen LogP contribution < -0.4 is 4.90 Å². The summed E-state index contributed by atoms with van der Waals surface area (Å²) in [4.78, 5) is 2.15. The molecule has 0 bridgehead atoms. The van der Waals surface area contributed by atoms with Gasteiger partial charge in [0.05, 0.1) is 34.0 Å². The Morgan fingerprint density at radius 3 is 2.33 bits per heavy atom. The van der Waals surface area contributed by atoms with Crippen LogP contribution in [-0.4, -0.2) is 26.3 Å². The van der Waals surface area contributed by atoms with Crippen LogP contribution >= 0.6 is 34.8 Å². The van der Waals surface area contributed by atoms with Gasteiger partial charge < -0.3 is 9.64 Å². The first-order valence-corrected chi connectivity index (χ1v) is 5.79. The second kappa shape index (κ2) is 4.79. The van der Waals surface area contributed by atoms with Crippen LogP contribution in [0.5, 0.6) is 0 Å². The summed E-state index contributed by atoms with van der Waals surface area (Å²) >= 11 is 18.0. The van der Waals surface area contributed by atoms with Crippen molar-refractivity contribution >= 4 is 40.5 Å². The van der Waals surface area contributed by atoms with E-state index in [2.05, 4.69) is 4.90 Å². The molecule has 15 heavy (non-hydrogen) atoms. The lowest BCUT2D eigenvalue weighted by Gasteiger charge is -2.29. The summed E-state index contributed by atoms with van der Waals surface area (Å²) in [6.07, 6.45) is 0. The van der Waals surface area contributed by atoms with Gasteiger partial charge >= 0.3 is 0 Å². The van der Waals surface area contributed by atoms with Crippen LogP contribution in [0.25, 0.3) is 0 Å². The number of nitrogens with zero attached hydrogens (tertiary/aromatic N) is 1. The van der Waals surface area contributed by atoms with E-state index in [1.165, 1.54) is 0 Å². The Kier molecular flexibility index (Phi) is 3.62. The van der Waals surface area contributed by atoms with Gasteiger partial charge in [0, 0.05) is 13.1 Å². The molecule has 1 aromatic rings. The largest absolute Gasteiger partial charge is 0.378 e. The fourth-order valence-electron chi connectivity index (χ4n) is 1.56. The quantitative estimate of drug-likeness (QED) is 0.722. The van der Waals surface area contributed by atoms with Crippen LogP contribution in [0.1, 0.15) is 0 Å². The van der Waals surface area contributed by atoms with Crippen LogP contribution in [0.3, 0.4) is 0 Å². The second-order valence-corrected chi connectivity index (χ2v) is 4.46. The van der Waals surface area contributed by atoms with Gasteiger partial charge in [-0.15, -0.1) is 0 Å². The summed E-state index contributed by atoms with van der Waals surface area (Å²) in [7, 11) is 0. The number of rotatable bonds is 1. The monoisotopic (exact) mass is 265 g/mol. The maximum Gasteiger partial charge on any atom is 0.0840 e. The normalized spacial score (nSPS) is 16.9. The zero-order chi connectivity index (χ0) is 10.8. The Morgan fingerprint density at radius 2 is 1.67 bits per heavy atom. The first-order chi connectivity index (χ1) is 7.20. The average molecular weight is 267 g/mol. The highest BCUT2D eigenvalue weighted by Crippen LogP contribution is 2.37. The molecule has 0 spiro atoms. The highest BCUT2D eigenvalue weighted by molar-refractivity contribution is 6.49. The predicted octanol–water partition coefficient (Wildman–Crippen LogP) is 3.48. The van der Waals surface area contributed by atoms with Crippen LogP contribution in [0, 0.1) is 0 Å². The van der Waals surface area contributed by atoms with Crippen LogP contribution in [0.2, 0.25) is 15.1 Å². The van der Waals surface area contributed by atoms with Gasteiger partial charge in [-0.2, -0.15) is 0 Å². The molecule has 1 heterocycles. The van der Waals surface area contributed by atoms with Crippen molar-refractivity contribution in [3.8, 4) is 0 Å². The molecule has 1 aliphatic rings. The minimum absolute atomic E-state index is 0.419. The standard InChI is InChI=1S/C10H10Cl3NO/c11-7-1-2-8(10(13)9(7)12)14-3-5-15-6-4-14/h1-2H,3-6H2. The topological polar surface area (TPSA) is 12.5 Å². The summed E-state index contributed by atoms with van der Waals surface area (Å²) in [5.74, 6) is 0. The number of morpholine rings is 1. The molecule has 0 aliphatic carbocycles. The van der Waals surface area contributed by atoms with E-state index in [9.17, 15) is 0 Å². The van der Waals surface area contributed by atoms with Crippen molar-refractivity contribution in [1.82, 2.24) is 0 Å². The summed E-state index contributed by atoms with van der Waals surface area (Å²) in [6, 6.07) is 3.66. The van der Waals surface area contributed by atoms with Crippen molar-refractivity contribution in [3.63, 3.8) is 0 Å². The van der Waals surface area contributed by atoms with E-state index in [1.807, 2.05) is 6.07 Å². The molecule has 0 amide bonds. The van der Waals surface area contributed by atoms with E-state index in [4.69, 9.17) is 39.5 Å². The summed E-state index contributed by atoms with van der Waals surface area (Å²) < 4.78 is 5.27. The number of hydrogen-bond donors (Lipinski definition) is 0. The zero-order valence-corrected chi connectivity index (χ0v) is 10.2. The van der Waals surface area contributed by atoms with E-state index in [0.29, 0.717) is 15.1 Å². The molecule has 0 atom stereocenters. The van der Waals surface area contributed by atoms with Crippen molar-refractivity contribution in [1.29, 1.82) is 0 Å². The Morgan fingerprint density at radius 1 is 1.00 bits per heavy atom. The number of halogens is 3. The summed E-state index contributed by atoms with van der Waals surface area (Å²) in [5, 5.41) is 1.42. The molecule has 0 saturated carbocycles. The molecule has 5 heteroatoms. The van der Waals surface area contributed by atoms with Gasteiger partial charge in [-0.05, 0) is 12.1 Å². The maximum atomic E-state index is 6.13. The van der Waals surface area contributed by atoms with Crippen LogP contribution in [0.4, 0.5) is 5.69 Å². The minimum Gasteiger partial charge on any atom is -0.378 e. The van der Waals surface area contributed by atoms with E-state index in [1.54, 1.807) is 6.07 Å². The SMILES string of the molecule is Clc1ccc(N2CCOCC2)c(Cl)c1Cl. The third-order valence-electron chi connectivity index (χ3n) is 2.37. The van der Waals surface area contributed by atoms with Gasteiger partial charge in [-0.25, -0.2) is 0 Å². The van der Waals surface area contributed by atoms with Gasteiger partial charge in [-0.1, -0.05) is 34.8 Å². The Labute approximate surface area is 104 Å². The molecule has 0 aromatic heterocycles. The smallest absolute Gasteiger partial charge is 0.0840 e. The first kappa shape index (κ1) is 11.3. The molecule has 0 radical (unpaired) electrons. The molecule has 2 nitrogen and oxygen atoms in total. The molecule has 1 fully saturated rings. The van der Waals surface area contributed by atoms with Crippen molar-refractivity contribution in [2.24, 2.45) is 0 Å². The van der Waals surface area contributed by atoms with Gasteiger partial charge in [0.15, 0.2) is 0 Å². The zero-order valence-electron chi connectivity index (χ0n) is 7.97. The highest BCUT2D eigenvalue weighted by Gasteiger charge is 2.16. The minimum atomic E-state index is 0.419. The second-order valence-electron chi connectivity index (χ2n) is 3.29. The molecular weight excluding hydrogens is 256 g/mol. The third-order valence-corrected chi connectivity index (χ3v) is 3.65. The molecule has 2 rings (SSSR count). The first-order valence-electron chi connectivity index (χ1n) is 4.66. The van der Waals surface area contributed by atoms with Gasteiger partial charge in [0.25, 0.3) is 0 Å². The van der Waals surface area contributed by atoms with Crippen molar-refractivity contribution in [2.75, 3.05) is 31.2 Å². The molecule has 1 aliphatic heterocycles. The number of hydrogen-bond acceptors (Lipinski definition) is 2.